The van der Waals surface area contributed by atoms with Crippen molar-refractivity contribution in [1.82, 2.24) is 19.4 Å². The maximum Gasteiger partial charge on any atom is 0.244 e. The summed E-state index contributed by atoms with van der Waals surface area (Å²) in [6.45, 7) is 6.28. The Balaban J connectivity index is 2.95. The highest BCUT2D eigenvalue weighted by Gasteiger charge is 2.24. The molecule has 1 atom stereocenters. The van der Waals surface area contributed by atoms with Crippen LogP contribution in [0.3, 0.4) is 0 Å². The number of aryl methyl sites for hydroxylation is 2. The Kier molecular flexibility index (Phi) is 6.33. The maximum absolute atomic E-state index is 12.5. The van der Waals surface area contributed by atoms with Gasteiger partial charge < -0.3 is 10.0 Å². The molecule has 8 heteroatoms. The molecule has 21 heavy (non-hydrogen) atoms. The molecule has 0 fully saturated rings. The van der Waals surface area contributed by atoms with Gasteiger partial charge in [0.1, 0.15) is 4.90 Å². The van der Waals surface area contributed by atoms with Crippen molar-refractivity contribution in [2.75, 3.05) is 27.2 Å². The lowest BCUT2D eigenvalue weighted by atomic mass is 10.3. The van der Waals surface area contributed by atoms with Gasteiger partial charge in [-0.3, -0.25) is 4.68 Å². The minimum atomic E-state index is -3.58. The first-order valence-electron chi connectivity index (χ1n) is 7.01. The third-order valence-electron chi connectivity index (χ3n) is 3.56. The third-order valence-corrected chi connectivity index (χ3v) is 5.24. The Bertz CT molecular complexity index is 566. The van der Waals surface area contributed by atoms with E-state index in [0.29, 0.717) is 30.9 Å². The summed E-state index contributed by atoms with van der Waals surface area (Å²) in [5.74, 6) is 0. The molecule has 1 rings (SSSR count). The standard InChI is InChI=1S/C13H26N4O3S/c1-10(16(4)5)9-14-21(19,20)13-11(2)15-17(12(13)3)7-6-8-18/h10,14,18H,6-9H2,1-5H3. The Hall–Kier alpha value is -0.960. The zero-order valence-electron chi connectivity index (χ0n) is 13.4. The second-order valence-corrected chi connectivity index (χ2v) is 7.17. The topological polar surface area (TPSA) is 87.5 Å². The van der Waals surface area contributed by atoms with E-state index in [1.165, 1.54) is 0 Å². The monoisotopic (exact) mass is 318 g/mol. The number of hydrogen-bond acceptors (Lipinski definition) is 5. The molecule has 1 unspecified atom stereocenters. The molecule has 1 heterocycles. The molecule has 0 aliphatic rings. The van der Waals surface area contributed by atoms with Crippen LogP contribution in [0.5, 0.6) is 0 Å². The van der Waals surface area contributed by atoms with E-state index in [0.717, 1.165) is 0 Å². The molecule has 0 spiro atoms. The van der Waals surface area contributed by atoms with E-state index in [9.17, 15) is 8.42 Å². The number of nitrogens with zero attached hydrogens (tertiary/aromatic N) is 3. The van der Waals surface area contributed by atoms with Crippen molar-refractivity contribution in [3.05, 3.63) is 11.4 Å². The number of aliphatic hydroxyl groups excluding tert-OH is 1. The van der Waals surface area contributed by atoms with Crippen molar-refractivity contribution >= 4 is 10.0 Å². The highest BCUT2D eigenvalue weighted by molar-refractivity contribution is 7.89. The Morgan fingerprint density at radius 1 is 1.38 bits per heavy atom. The van der Waals surface area contributed by atoms with Gasteiger partial charge >= 0.3 is 0 Å². The van der Waals surface area contributed by atoms with Crippen LogP contribution in [0.15, 0.2) is 4.90 Å². The first-order chi connectivity index (χ1) is 9.70. The summed E-state index contributed by atoms with van der Waals surface area (Å²) < 4.78 is 29.2. The summed E-state index contributed by atoms with van der Waals surface area (Å²) in [4.78, 5) is 2.19. The zero-order chi connectivity index (χ0) is 16.2. The van der Waals surface area contributed by atoms with Gasteiger partial charge in [0.25, 0.3) is 0 Å². The van der Waals surface area contributed by atoms with Crippen LogP contribution in [-0.2, 0) is 16.6 Å². The summed E-state index contributed by atoms with van der Waals surface area (Å²) in [7, 11) is 0.233. The lowest BCUT2D eigenvalue weighted by Crippen LogP contribution is -2.38. The van der Waals surface area contributed by atoms with E-state index in [1.54, 1.807) is 18.5 Å². The van der Waals surface area contributed by atoms with Gasteiger partial charge in [-0.05, 0) is 41.3 Å². The molecular weight excluding hydrogens is 292 g/mol. The van der Waals surface area contributed by atoms with Gasteiger partial charge in [0.05, 0.1) is 11.4 Å². The second-order valence-electron chi connectivity index (χ2n) is 5.46. The van der Waals surface area contributed by atoms with Crippen molar-refractivity contribution < 1.29 is 13.5 Å². The largest absolute Gasteiger partial charge is 0.396 e. The molecule has 2 N–H and O–H groups in total. The van der Waals surface area contributed by atoms with Gasteiger partial charge in [-0.1, -0.05) is 0 Å². The molecule has 0 bridgehead atoms. The van der Waals surface area contributed by atoms with E-state index in [2.05, 4.69) is 9.82 Å². The summed E-state index contributed by atoms with van der Waals surface area (Å²) in [6, 6.07) is 0.102. The van der Waals surface area contributed by atoms with Crippen LogP contribution in [0.2, 0.25) is 0 Å². The van der Waals surface area contributed by atoms with Crippen LogP contribution < -0.4 is 4.72 Å². The highest BCUT2D eigenvalue weighted by Crippen LogP contribution is 2.19. The molecule has 0 amide bonds. The summed E-state index contributed by atoms with van der Waals surface area (Å²) in [6.07, 6.45) is 0.548. The number of aromatic nitrogens is 2. The minimum Gasteiger partial charge on any atom is -0.396 e. The normalized spacial score (nSPS) is 13.9. The molecule has 122 valence electrons. The molecule has 1 aromatic rings. The van der Waals surface area contributed by atoms with Crippen LogP contribution in [-0.4, -0.2) is 61.5 Å². The van der Waals surface area contributed by atoms with Crippen LogP contribution >= 0.6 is 0 Å². The van der Waals surface area contributed by atoms with E-state index >= 15 is 0 Å². The number of rotatable bonds is 8. The summed E-state index contributed by atoms with van der Waals surface area (Å²) >= 11 is 0. The smallest absolute Gasteiger partial charge is 0.244 e. The molecule has 0 aliphatic heterocycles. The van der Waals surface area contributed by atoms with Gasteiger partial charge in [-0.15, -0.1) is 0 Å². The first-order valence-corrected chi connectivity index (χ1v) is 8.50. The van der Waals surface area contributed by atoms with Crippen LogP contribution in [0.1, 0.15) is 24.7 Å². The molecule has 0 aromatic carbocycles. The summed E-state index contributed by atoms with van der Waals surface area (Å²) in [5, 5.41) is 13.1. The SMILES string of the molecule is Cc1nn(CCCO)c(C)c1S(=O)(=O)NCC(C)N(C)C. The van der Waals surface area contributed by atoms with E-state index in [1.807, 2.05) is 25.9 Å². The molecular formula is C13H26N4O3S. The number of nitrogens with one attached hydrogen (secondary N) is 1. The maximum atomic E-state index is 12.5. The number of likely N-dealkylation sites (N-methyl/N-ethyl adjacent to an activating group) is 1. The molecule has 7 nitrogen and oxygen atoms in total. The quantitative estimate of drug-likeness (QED) is 0.710. The lowest BCUT2D eigenvalue weighted by molar-refractivity contribution is 0.276. The molecule has 1 aromatic heterocycles. The zero-order valence-corrected chi connectivity index (χ0v) is 14.2. The third kappa shape index (κ3) is 4.50. The molecule has 0 saturated heterocycles. The second kappa shape index (κ2) is 7.35. The van der Waals surface area contributed by atoms with Crippen molar-refractivity contribution in [1.29, 1.82) is 0 Å². The predicted octanol–water partition coefficient (Wildman–Crippen LogP) is 0.111. The molecule has 0 saturated carbocycles. The number of sulfonamides is 1. The molecule has 0 radical (unpaired) electrons. The Labute approximate surface area is 127 Å². The average molecular weight is 318 g/mol. The van der Waals surface area contributed by atoms with E-state index in [-0.39, 0.29) is 17.5 Å². The van der Waals surface area contributed by atoms with Crippen LogP contribution in [0.25, 0.3) is 0 Å². The number of aliphatic hydroxyl groups is 1. The van der Waals surface area contributed by atoms with Crippen molar-refractivity contribution in [2.24, 2.45) is 0 Å². The Morgan fingerprint density at radius 2 is 2.00 bits per heavy atom. The van der Waals surface area contributed by atoms with E-state index in [4.69, 9.17) is 5.11 Å². The van der Waals surface area contributed by atoms with Gasteiger partial charge in [0.15, 0.2) is 0 Å². The lowest BCUT2D eigenvalue weighted by Gasteiger charge is -2.20. The van der Waals surface area contributed by atoms with Gasteiger partial charge in [-0.2, -0.15) is 5.10 Å². The summed E-state index contributed by atoms with van der Waals surface area (Å²) in [5.41, 5.74) is 1.08. The minimum absolute atomic E-state index is 0.0546. The molecule has 0 aliphatic carbocycles. The van der Waals surface area contributed by atoms with Crippen molar-refractivity contribution in [2.45, 2.75) is 44.7 Å². The van der Waals surface area contributed by atoms with E-state index < -0.39 is 10.0 Å². The number of hydrogen-bond donors (Lipinski definition) is 2. The van der Waals surface area contributed by atoms with Gasteiger partial charge in [0, 0.05) is 25.7 Å². The predicted molar refractivity (Wildman–Crippen MR) is 81.7 cm³/mol. The van der Waals surface area contributed by atoms with Crippen molar-refractivity contribution in [3.8, 4) is 0 Å². The van der Waals surface area contributed by atoms with Gasteiger partial charge in [0.2, 0.25) is 10.0 Å². The fourth-order valence-electron chi connectivity index (χ4n) is 1.99. The van der Waals surface area contributed by atoms with Gasteiger partial charge in [-0.25, -0.2) is 13.1 Å². The fourth-order valence-corrected chi connectivity index (χ4v) is 3.52. The highest BCUT2D eigenvalue weighted by atomic mass is 32.2. The fraction of sp³-hybridized carbons (Fsp3) is 0.769. The van der Waals surface area contributed by atoms with Crippen molar-refractivity contribution in [3.63, 3.8) is 0 Å². The Morgan fingerprint density at radius 3 is 2.52 bits per heavy atom. The van der Waals surface area contributed by atoms with Crippen LogP contribution in [0.4, 0.5) is 0 Å². The first kappa shape index (κ1) is 18.1. The average Bonchev–Trinajstić information content (AvgIpc) is 2.68. The van der Waals surface area contributed by atoms with Crippen LogP contribution in [0, 0.1) is 13.8 Å².